The maximum atomic E-state index is 13.7. The molecule has 9 nitrogen and oxygen atoms in total. The number of phenols is 1. The highest BCUT2D eigenvalue weighted by Gasteiger charge is 2.36. The lowest BCUT2D eigenvalue weighted by Gasteiger charge is -2.37. The van der Waals surface area contributed by atoms with E-state index >= 15 is 0 Å². The summed E-state index contributed by atoms with van der Waals surface area (Å²) in [5, 5.41) is 19.0. The Morgan fingerprint density at radius 2 is 1.85 bits per heavy atom. The molecular weight excluding hydrogens is 923 g/mol. The molecule has 2 aliphatic heterocycles. The fraction of sp³-hybridized carbons (Fsp3) is 0.359. The number of hydrogen-bond acceptors (Lipinski definition) is 8. The van der Waals surface area contributed by atoms with Gasteiger partial charge in [-0.25, -0.2) is 4.98 Å². The van der Waals surface area contributed by atoms with Gasteiger partial charge in [-0.2, -0.15) is 0 Å². The molecule has 1 unspecified atom stereocenters. The van der Waals surface area contributed by atoms with Crippen molar-refractivity contribution in [2.45, 2.75) is 63.8 Å². The average Bonchev–Trinajstić information content (AvgIpc) is 3.71. The van der Waals surface area contributed by atoms with Crippen LogP contribution in [0.15, 0.2) is 63.0 Å². The summed E-state index contributed by atoms with van der Waals surface area (Å²) in [6, 6.07) is 13.9. The van der Waals surface area contributed by atoms with Crippen LogP contribution in [0.5, 0.6) is 17.2 Å². The van der Waals surface area contributed by atoms with Gasteiger partial charge in [-0.1, -0.05) is 25.7 Å². The number of carbonyl (C=O) groups is 2. The molecule has 1 aromatic heterocycles. The second-order valence-corrected chi connectivity index (χ2v) is 17.1. The second-order valence-electron chi connectivity index (χ2n) is 13.2. The highest BCUT2D eigenvalue weighted by atomic mass is 127. The fourth-order valence-corrected chi connectivity index (χ4v) is 9.14. The standard InChI is InChI=1S/C39H41Br2IN4O5S/c1-39(23-35(47)45-38-43-13-16-52-38)29-22-34(33(50-2)20-25(29)11-12-44-39)51-15-8-6-4-3-5-7-14-46-32-10-9-26(42)21-27(32)28(37(46)49)17-24-18-30(40)36(48)31(41)19-24/h9-10,13,16-22,44,48H,3-8,11-12,14-15,23H2,1-2H3,(H,43,45,47)/b28-17-. The van der Waals surface area contributed by atoms with Gasteiger partial charge in [0.15, 0.2) is 16.6 Å². The number of ether oxygens (including phenoxy) is 2. The van der Waals surface area contributed by atoms with Gasteiger partial charge in [0.2, 0.25) is 5.91 Å². The van der Waals surface area contributed by atoms with Crippen molar-refractivity contribution in [3.05, 3.63) is 88.8 Å². The summed E-state index contributed by atoms with van der Waals surface area (Å²) >= 11 is 10.5. The molecule has 0 fully saturated rings. The number of fused-ring (bicyclic) bond motifs is 2. The zero-order valence-electron chi connectivity index (χ0n) is 29.1. The van der Waals surface area contributed by atoms with Crippen LogP contribution in [0.1, 0.15) is 74.1 Å². The van der Waals surface area contributed by atoms with Crippen LogP contribution in [0, 0.1) is 3.57 Å². The van der Waals surface area contributed by atoms with Crippen LogP contribution in [0.3, 0.4) is 0 Å². The molecule has 274 valence electrons. The monoisotopic (exact) mass is 962 g/mol. The van der Waals surface area contributed by atoms with Crippen molar-refractivity contribution in [2.24, 2.45) is 0 Å². The molecule has 0 bridgehead atoms. The van der Waals surface area contributed by atoms with E-state index in [1.165, 1.54) is 11.3 Å². The number of unbranched alkanes of at least 4 members (excludes halogenated alkanes) is 5. The van der Waals surface area contributed by atoms with E-state index < -0.39 is 5.54 Å². The highest BCUT2D eigenvalue weighted by molar-refractivity contribution is 14.1. The summed E-state index contributed by atoms with van der Waals surface area (Å²) in [6.07, 6.45) is 10.8. The van der Waals surface area contributed by atoms with E-state index in [0.717, 1.165) is 83.0 Å². The number of methoxy groups -OCH3 is 1. The minimum Gasteiger partial charge on any atom is -0.506 e. The Balaban J connectivity index is 0.976. The van der Waals surface area contributed by atoms with E-state index in [4.69, 9.17) is 9.47 Å². The van der Waals surface area contributed by atoms with Crippen molar-refractivity contribution in [3.8, 4) is 17.2 Å². The number of thiazole rings is 1. The molecule has 52 heavy (non-hydrogen) atoms. The summed E-state index contributed by atoms with van der Waals surface area (Å²) in [4.78, 5) is 32.7. The third kappa shape index (κ3) is 9.03. The second kappa shape index (κ2) is 17.4. The van der Waals surface area contributed by atoms with Crippen molar-refractivity contribution in [1.29, 1.82) is 0 Å². The first kappa shape index (κ1) is 38.7. The SMILES string of the molecule is COc1cc2c(cc1OCCCCCCCCN1C(=O)/C(=C\c3cc(Br)c(O)c(Br)c3)c3cc(I)ccc31)C(C)(CC(=O)Nc1nccs1)NCC2. The van der Waals surface area contributed by atoms with Gasteiger partial charge in [0, 0.05) is 51.3 Å². The Morgan fingerprint density at radius 3 is 2.58 bits per heavy atom. The first-order valence-electron chi connectivity index (χ1n) is 17.4. The van der Waals surface area contributed by atoms with Crippen LogP contribution in [-0.2, 0) is 21.5 Å². The lowest BCUT2D eigenvalue weighted by Crippen LogP contribution is -2.47. The van der Waals surface area contributed by atoms with Gasteiger partial charge in [0.05, 0.1) is 28.3 Å². The number of carbonyl (C=O) groups excluding carboxylic acids is 2. The quantitative estimate of drug-likeness (QED) is 0.0618. The Kier molecular flexibility index (Phi) is 13.0. The van der Waals surface area contributed by atoms with Crippen LogP contribution in [0.2, 0.25) is 0 Å². The molecular formula is C39H41Br2IN4O5S. The van der Waals surface area contributed by atoms with Gasteiger partial charge < -0.3 is 30.1 Å². The number of halogens is 3. The van der Waals surface area contributed by atoms with Crippen LogP contribution >= 0.6 is 65.8 Å². The van der Waals surface area contributed by atoms with Crippen LogP contribution in [0.25, 0.3) is 11.6 Å². The molecule has 4 aromatic rings. The fourth-order valence-electron chi connectivity index (χ4n) is 6.88. The molecule has 0 saturated carbocycles. The molecule has 0 aliphatic carbocycles. The summed E-state index contributed by atoms with van der Waals surface area (Å²) in [6.45, 7) is 4.07. The van der Waals surface area contributed by atoms with E-state index in [-0.39, 0.29) is 24.0 Å². The predicted octanol–water partition coefficient (Wildman–Crippen LogP) is 9.68. The molecule has 0 spiro atoms. The molecule has 6 rings (SSSR count). The Bertz CT molecular complexity index is 1950. The van der Waals surface area contributed by atoms with E-state index in [1.807, 2.05) is 46.7 Å². The molecule has 3 N–H and O–H groups in total. The minimum absolute atomic E-state index is 0.00196. The van der Waals surface area contributed by atoms with Gasteiger partial charge in [0.25, 0.3) is 5.91 Å². The van der Waals surface area contributed by atoms with E-state index in [9.17, 15) is 14.7 Å². The van der Waals surface area contributed by atoms with Gasteiger partial charge in [-0.05, 0) is 146 Å². The average molecular weight is 965 g/mol. The highest BCUT2D eigenvalue weighted by Crippen LogP contribution is 2.42. The number of rotatable bonds is 15. The number of anilines is 2. The number of aromatic hydroxyl groups is 1. The Morgan fingerprint density at radius 1 is 1.10 bits per heavy atom. The largest absolute Gasteiger partial charge is 0.506 e. The third-order valence-electron chi connectivity index (χ3n) is 9.49. The maximum absolute atomic E-state index is 13.7. The zero-order chi connectivity index (χ0) is 36.8. The number of aromatic nitrogens is 1. The molecule has 3 heterocycles. The van der Waals surface area contributed by atoms with Crippen LogP contribution in [-0.4, -0.2) is 48.7 Å². The summed E-state index contributed by atoms with van der Waals surface area (Å²) in [7, 11) is 1.66. The zero-order valence-corrected chi connectivity index (χ0v) is 35.2. The normalized spacial score (nSPS) is 17.3. The van der Waals surface area contributed by atoms with Crippen molar-refractivity contribution in [1.82, 2.24) is 10.3 Å². The molecule has 0 radical (unpaired) electrons. The third-order valence-corrected chi connectivity index (χ3v) is 12.1. The lowest BCUT2D eigenvalue weighted by atomic mass is 9.81. The molecule has 2 amide bonds. The van der Waals surface area contributed by atoms with Crippen molar-refractivity contribution >= 4 is 100 Å². The number of hydrogen-bond donors (Lipinski definition) is 3. The van der Waals surface area contributed by atoms with Gasteiger partial charge in [-0.3, -0.25) is 9.59 Å². The van der Waals surface area contributed by atoms with Gasteiger partial charge in [-0.15, -0.1) is 11.3 Å². The minimum atomic E-state index is -0.543. The van der Waals surface area contributed by atoms with Crippen molar-refractivity contribution < 1.29 is 24.2 Å². The van der Waals surface area contributed by atoms with E-state index in [1.54, 1.807) is 13.3 Å². The van der Waals surface area contributed by atoms with E-state index in [0.29, 0.717) is 44.3 Å². The smallest absolute Gasteiger partial charge is 0.258 e. The topological polar surface area (TPSA) is 113 Å². The van der Waals surface area contributed by atoms with Crippen molar-refractivity contribution in [2.75, 3.05) is 37.0 Å². The molecule has 0 saturated heterocycles. The number of benzene rings is 3. The Labute approximate surface area is 339 Å². The maximum Gasteiger partial charge on any atom is 0.258 e. The number of nitrogens with one attached hydrogen (secondary N) is 2. The lowest BCUT2D eigenvalue weighted by molar-refractivity contribution is -0.117. The van der Waals surface area contributed by atoms with Crippen LogP contribution < -0.4 is 25.0 Å². The summed E-state index contributed by atoms with van der Waals surface area (Å²) in [5.74, 6) is 1.46. The van der Waals surface area contributed by atoms with Gasteiger partial charge >= 0.3 is 0 Å². The molecule has 3 aromatic carbocycles. The molecule has 13 heteroatoms. The first-order valence-corrected chi connectivity index (χ1v) is 20.9. The van der Waals surface area contributed by atoms with Crippen molar-refractivity contribution in [3.63, 3.8) is 0 Å². The summed E-state index contributed by atoms with van der Waals surface area (Å²) < 4.78 is 14.2. The number of phenolic OH excluding ortho intramolecular Hbond substituents is 1. The van der Waals surface area contributed by atoms with Crippen LogP contribution in [0.4, 0.5) is 10.8 Å². The molecule has 2 aliphatic rings. The first-order chi connectivity index (χ1) is 25.1. The van der Waals surface area contributed by atoms with E-state index in [2.05, 4.69) is 89.1 Å². The summed E-state index contributed by atoms with van der Waals surface area (Å²) in [5.41, 5.74) is 5.03. The molecule has 1 atom stereocenters. The number of amides is 2. The number of nitrogens with zero attached hydrogens (tertiary/aromatic N) is 2. The predicted molar refractivity (Wildman–Crippen MR) is 224 cm³/mol. The van der Waals surface area contributed by atoms with Gasteiger partial charge in [0.1, 0.15) is 5.75 Å². The Hall–Kier alpha value is -2.98.